The molecular formula is C10H14N2. The fourth-order valence-electron chi connectivity index (χ4n) is 1.01. The van der Waals surface area contributed by atoms with Crippen LogP contribution >= 0.6 is 0 Å². The Labute approximate surface area is 73.1 Å². The minimum atomic E-state index is 0.768. The quantitative estimate of drug-likeness (QED) is 0.528. The van der Waals surface area contributed by atoms with Gasteiger partial charge < -0.3 is 11.1 Å². The molecule has 0 bridgehead atoms. The normalized spacial score (nSPS) is 9.42. The molecule has 3 N–H and O–H groups in total. The van der Waals surface area contributed by atoms with Crippen LogP contribution in [0, 0.1) is 6.92 Å². The van der Waals surface area contributed by atoms with Crippen LogP contribution in [0.2, 0.25) is 0 Å². The van der Waals surface area contributed by atoms with Crippen LogP contribution in [0.4, 0.5) is 11.4 Å². The first-order valence-corrected chi connectivity index (χ1v) is 3.95. The van der Waals surface area contributed by atoms with E-state index in [0.29, 0.717) is 0 Å². The summed E-state index contributed by atoms with van der Waals surface area (Å²) in [5, 5.41) is 3.21. The second-order valence-corrected chi connectivity index (χ2v) is 2.74. The molecule has 0 saturated heterocycles. The van der Waals surface area contributed by atoms with Gasteiger partial charge in [-0.2, -0.15) is 0 Å². The highest BCUT2D eigenvalue weighted by molar-refractivity contribution is 5.59. The molecule has 0 aromatic heterocycles. The Kier molecular flexibility index (Phi) is 2.75. The van der Waals surface area contributed by atoms with E-state index in [1.54, 1.807) is 0 Å². The number of hydrogen-bond donors (Lipinski definition) is 2. The molecule has 0 unspecified atom stereocenters. The van der Waals surface area contributed by atoms with Crippen LogP contribution in [-0.4, -0.2) is 6.54 Å². The number of nitrogens with one attached hydrogen (secondary N) is 1. The maximum absolute atomic E-state index is 5.63. The first-order chi connectivity index (χ1) is 5.74. The predicted molar refractivity (Wildman–Crippen MR) is 54.3 cm³/mol. The Morgan fingerprint density at radius 2 is 2.33 bits per heavy atom. The van der Waals surface area contributed by atoms with Crippen LogP contribution in [0.15, 0.2) is 30.9 Å². The van der Waals surface area contributed by atoms with Gasteiger partial charge in [0.25, 0.3) is 0 Å². The molecule has 0 aliphatic rings. The summed E-state index contributed by atoms with van der Waals surface area (Å²) in [4.78, 5) is 0. The molecule has 0 amide bonds. The van der Waals surface area contributed by atoms with Crippen molar-refractivity contribution in [1.29, 1.82) is 0 Å². The molecule has 12 heavy (non-hydrogen) atoms. The lowest BCUT2D eigenvalue weighted by atomic mass is 10.2. The number of benzene rings is 1. The van der Waals surface area contributed by atoms with Crippen molar-refractivity contribution >= 4 is 11.4 Å². The third kappa shape index (κ3) is 2.02. The Bertz CT molecular complexity index is 279. The third-order valence-corrected chi connectivity index (χ3v) is 1.70. The van der Waals surface area contributed by atoms with Gasteiger partial charge in [-0.25, -0.2) is 0 Å². The SMILES string of the molecule is C=CCNc1cc(N)ccc1C. The number of nitrogens with two attached hydrogens (primary N) is 1. The van der Waals surface area contributed by atoms with Crippen molar-refractivity contribution in [3.63, 3.8) is 0 Å². The maximum Gasteiger partial charge on any atom is 0.0392 e. The van der Waals surface area contributed by atoms with E-state index in [0.717, 1.165) is 17.9 Å². The zero-order valence-corrected chi connectivity index (χ0v) is 7.30. The Hall–Kier alpha value is -1.44. The lowest BCUT2D eigenvalue weighted by Gasteiger charge is -2.07. The third-order valence-electron chi connectivity index (χ3n) is 1.70. The van der Waals surface area contributed by atoms with Gasteiger partial charge in [0.05, 0.1) is 0 Å². The van der Waals surface area contributed by atoms with Crippen molar-refractivity contribution in [2.24, 2.45) is 0 Å². The summed E-state index contributed by atoms with van der Waals surface area (Å²) in [5.74, 6) is 0. The second-order valence-electron chi connectivity index (χ2n) is 2.74. The number of nitrogen functional groups attached to an aromatic ring is 1. The summed E-state index contributed by atoms with van der Waals surface area (Å²) in [5.41, 5.74) is 8.70. The molecule has 0 aliphatic heterocycles. The van der Waals surface area contributed by atoms with Crippen LogP contribution in [0.3, 0.4) is 0 Å². The smallest absolute Gasteiger partial charge is 0.0392 e. The molecule has 1 aromatic rings. The highest BCUT2D eigenvalue weighted by Gasteiger charge is 1.95. The topological polar surface area (TPSA) is 38.0 Å². The lowest BCUT2D eigenvalue weighted by Crippen LogP contribution is -2.00. The number of aryl methyl sites for hydroxylation is 1. The van der Waals surface area contributed by atoms with E-state index in [2.05, 4.69) is 11.9 Å². The summed E-state index contributed by atoms with van der Waals surface area (Å²) in [6, 6.07) is 5.83. The number of anilines is 2. The molecule has 0 spiro atoms. The number of hydrogen-bond acceptors (Lipinski definition) is 2. The largest absolute Gasteiger partial charge is 0.399 e. The summed E-state index contributed by atoms with van der Waals surface area (Å²) < 4.78 is 0. The summed E-state index contributed by atoms with van der Waals surface area (Å²) >= 11 is 0. The van der Waals surface area contributed by atoms with Gasteiger partial charge in [-0.1, -0.05) is 12.1 Å². The Morgan fingerprint density at radius 1 is 1.58 bits per heavy atom. The number of rotatable bonds is 3. The van der Waals surface area contributed by atoms with Gasteiger partial charge in [-0.15, -0.1) is 6.58 Å². The van der Waals surface area contributed by atoms with Crippen LogP contribution in [0.1, 0.15) is 5.56 Å². The van der Waals surface area contributed by atoms with E-state index >= 15 is 0 Å². The lowest BCUT2D eigenvalue weighted by molar-refractivity contribution is 1.31. The van der Waals surface area contributed by atoms with Crippen LogP contribution in [0.25, 0.3) is 0 Å². The van der Waals surface area contributed by atoms with E-state index in [1.807, 2.05) is 31.2 Å². The van der Waals surface area contributed by atoms with Gasteiger partial charge in [-0.3, -0.25) is 0 Å². The van der Waals surface area contributed by atoms with Gasteiger partial charge in [-0.05, 0) is 24.6 Å². The van der Waals surface area contributed by atoms with E-state index in [9.17, 15) is 0 Å². The van der Waals surface area contributed by atoms with Gasteiger partial charge in [0.1, 0.15) is 0 Å². The summed E-state index contributed by atoms with van der Waals surface area (Å²) in [6.45, 7) is 6.45. The van der Waals surface area contributed by atoms with Crippen LogP contribution < -0.4 is 11.1 Å². The molecule has 0 atom stereocenters. The minimum Gasteiger partial charge on any atom is -0.399 e. The Balaban J connectivity index is 2.82. The van der Waals surface area contributed by atoms with Crippen molar-refractivity contribution < 1.29 is 0 Å². The summed E-state index contributed by atoms with van der Waals surface area (Å²) in [6.07, 6.45) is 1.82. The second kappa shape index (κ2) is 3.81. The first kappa shape index (κ1) is 8.65. The molecule has 1 aromatic carbocycles. The minimum absolute atomic E-state index is 0.768. The molecule has 64 valence electrons. The van der Waals surface area contributed by atoms with Gasteiger partial charge in [0.15, 0.2) is 0 Å². The van der Waals surface area contributed by atoms with Gasteiger partial charge in [0, 0.05) is 17.9 Å². The van der Waals surface area contributed by atoms with E-state index in [-0.39, 0.29) is 0 Å². The van der Waals surface area contributed by atoms with E-state index in [4.69, 9.17) is 5.73 Å². The van der Waals surface area contributed by atoms with Crippen molar-refractivity contribution in [3.8, 4) is 0 Å². The molecule has 0 fully saturated rings. The molecule has 0 saturated carbocycles. The standard InChI is InChI=1S/C10H14N2/c1-3-6-12-10-7-9(11)5-4-8(10)2/h3-5,7,12H,1,6,11H2,2H3. The van der Waals surface area contributed by atoms with Gasteiger partial charge in [0.2, 0.25) is 0 Å². The fourth-order valence-corrected chi connectivity index (χ4v) is 1.01. The van der Waals surface area contributed by atoms with E-state index < -0.39 is 0 Å². The predicted octanol–water partition coefficient (Wildman–Crippen LogP) is 2.18. The molecule has 0 aliphatic carbocycles. The average molecular weight is 162 g/mol. The van der Waals surface area contributed by atoms with Crippen LogP contribution in [0.5, 0.6) is 0 Å². The van der Waals surface area contributed by atoms with Crippen molar-refractivity contribution in [2.45, 2.75) is 6.92 Å². The van der Waals surface area contributed by atoms with Crippen LogP contribution in [-0.2, 0) is 0 Å². The molecule has 0 heterocycles. The van der Waals surface area contributed by atoms with Crippen molar-refractivity contribution in [2.75, 3.05) is 17.6 Å². The first-order valence-electron chi connectivity index (χ1n) is 3.95. The highest BCUT2D eigenvalue weighted by atomic mass is 14.9. The Morgan fingerprint density at radius 3 is 3.00 bits per heavy atom. The fraction of sp³-hybridized carbons (Fsp3) is 0.200. The zero-order chi connectivity index (χ0) is 8.97. The molecule has 2 heteroatoms. The molecule has 2 nitrogen and oxygen atoms in total. The molecular weight excluding hydrogens is 148 g/mol. The highest BCUT2D eigenvalue weighted by Crippen LogP contribution is 2.17. The molecule has 0 radical (unpaired) electrons. The summed E-state index contributed by atoms with van der Waals surface area (Å²) in [7, 11) is 0. The monoisotopic (exact) mass is 162 g/mol. The van der Waals surface area contributed by atoms with E-state index in [1.165, 1.54) is 5.56 Å². The maximum atomic E-state index is 5.63. The average Bonchev–Trinajstić information content (AvgIpc) is 2.07. The zero-order valence-electron chi connectivity index (χ0n) is 7.30. The van der Waals surface area contributed by atoms with Gasteiger partial charge >= 0.3 is 0 Å². The molecule has 1 rings (SSSR count). The van der Waals surface area contributed by atoms with Crippen molar-refractivity contribution in [3.05, 3.63) is 36.4 Å². The van der Waals surface area contributed by atoms with Crippen molar-refractivity contribution in [1.82, 2.24) is 0 Å².